The smallest absolute Gasteiger partial charge is 0.239 e. The van der Waals surface area contributed by atoms with E-state index in [0.29, 0.717) is 6.04 Å². The van der Waals surface area contributed by atoms with Crippen molar-refractivity contribution in [1.82, 2.24) is 10.6 Å². The van der Waals surface area contributed by atoms with Crippen LogP contribution in [0.15, 0.2) is 0 Å². The number of thiocarbonyl (C=S) groups is 1. The van der Waals surface area contributed by atoms with Crippen molar-refractivity contribution in [1.29, 1.82) is 0 Å². The van der Waals surface area contributed by atoms with E-state index in [-0.39, 0.29) is 23.3 Å². The molecule has 5 nitrogen and oxygen atoms in total. The van der Waals surface area contributed by atoms with Gasteiger partial charge in [-0.2, -0.15) is 0 Å². The van der Waals surface area contributed by atoms with Crippen LogP contribution in [-0.4, -0.2) is 29.4 Å². The van der Waals surface area contributed by atoms with Crippen LogP contribution in [0.1, 0.15) is 26.7 Å². The molecule has 0 aromatic carbocycles. The second-order valence-electron chi connectivity index (χ2n) is 4.51. The lowest BCUT2D eigenvalue weighted by atomic mass is 9.92. The van der Waals surface area contributed by atoms with Crippen LogP contribution in [0.5, 0.6) is 0 Å². The maximum absolute atomic E-state index is 11.7. The van der Waals surface area contributed by atoms with Crippen molar-refractivity contribution in [2.45, 2.75) is 32.7 Å². The molecule has 1 aliphatic carbocycles. The highest BCUT2D eigenvalue weighted by Gasteiger charge is 2.31. The van der Waals surface area contributed by atoms with Gasteiger partial charge in [0, 0.05) is 6.04 Å². The average Bonchev–Trinajstić information content (AvgIpc) is 2.97. The molecule has 0 aliphatic heterocycles. The fourth-order valence-corrected chi connectivity index (χ4v) is 1.09. The van der Waals surface area contributed by atoms with E-state index in [1.54, 1.807) is 13.8 Å². The summed E-state index contributed by atoms with van der Waals surface area (Å²) in [7, 11) is 0. The summed E-state index contributed by atoms with van der Waals surface area (Å²) in [6, 6.07) is 0.299. The molecule has 0 unspecified atom stereocenters. The molecule has 0 atom stereocenters. The molecular weight excluding hydrogens is 226 g/mol. The van der Waals surface area contributed by atoms with Gasteiger partial charge in [0.1, 0.15) is 0 Å². The Kier molecular flexibility index (Phi) is 3.85. The number of hydrogen-bond acceptors (Lipinski definition) is 3. The summed E-state index contributed by atoms with van der Waals surface area (Å²) in [5.41, 5.74) is 4.52. The van der Waals surface area contributed by atoms with Gasteiger partial charge in [-0.25, -0.2) is 0 Å². The molecule has 0 aromatic rings. The number of rotatable bonds is 5. The Morgan fingerprint density at radius 2 is 2.00 bits per heavy atom. The maximum Gasteiger partial charge on any atom is 0.239 e. The molecule has 2 amide bonds. The highest BCUT2D eigenvalue weighted by Crippen LogP contribution is 2.18. The van der Waals surface area contributed by atoms with Crippen LogP contribution < -0.4 is 16.4 Å². The SMILES string of the molecule is CC(C)(C(=O)NCC(=O)NC1CC1)C(N)=S. The van der Waals surface area contributed by atoms with Gasteiger partial charge in [-0.3, -0.25) is 9.59 Å². The number of nitrogens with one attached hydrogen (secondary N) is 2. The summed E-state index contributed by atoms with van der Waals surface area (Å²) in [6.45, 7) is 3.23. The Labute approximate surface area is 100 Å². The van der Waals surface area contributed by atoms with Crippen LogP contribution in [0.3, 0.4) is 0 Å². The second-order valence-corrected chi connectivity index (χ2v) is 4.95. The minimum atomic E-state index is -0.921. The number of carbonyl (C=O) groups is 2. The molecule has 0 saturated heterocycles. The third-order valence-electron chi connectivity index (χ3n) is 2.54. The zero-order valence-electron chi connectivity index (χ0n) is 9.50. The lowest BCUT2D eigenvalue weighted by Gasteiger charge is -2.21. The topological polar surface area (TPSA) is 84.2 Å². The zero-order valence-corrected chi connectivity index (χ0v) is 10.3. The molecule has 1 saturated carbocycles. The van der Waals surface area contributed by atoms with E-state index in [1.807, 2.05) is 0 Å². The van der Waals surface area contributed by atoms with Crippen LogP contribution in [0.2, 0.25) is 0 Å². The number of carbonyl (C=O) groups excluding carboxylic acids is 2. The van der Waals surface area contributed by atoms with E-state index >= 15 is 0 Å². The molecule has 1 fully saturated rings. The third kappa shape index (κ3) is 3.44. The van der Waals surface area contributed by atoms with Gasteiger partial charge in [-0.05, 0) is 26.7 Å². The number of amides is 2. The van der Waals surface area contributed by atoms with Gasteiger partial charge in [-0.1, -0.05) is 12.2 Å². The molecule has 90 valence electrons. The van der Waals surface area contributed by atoms with Gasteiger partial charge < -0.3 is 16.4 Å². The molecule has 0 bridgehead atoms. The highest BCUT2D eigenvalue weighted by atomic mass is 32.1. The van der Waals surface area contributed by atoms with Crippen molar-refractivity contribution in [3.63, 3.8) is 0 Å². The van der Waals surface area contributed by atoms with Crippen LogP contribution in [0.25, 0.3) is 0 Å². The minimum Gasteiger partial charge on any atom is -0.392 e. The van der Waals surface area contributed by atoms with Gasteiger partial charge >= 0.3 is 0 Å². The Bertz CT molecular complexity index is 324. The predicted octanol–water partition coefficient (Wildman–Crippen LogP) is -0.306. The summed E-state index contributed by atoms with van der Waals surface area (Å²) in [5, 5.41) is 5.29. The first-order chi connectivity index (χ1) is 7.34. The van der Waals surface area contributed by atoms with Gasteiger partial charge in [-0.15, -0.1) is 0 Å². The molecule has 0 heterocycles. The summed E-state index contributed by atoms with van der Waals surface area (Å²) in [4.78, 5) is 23.1. The molecule has 16 heavy (non-hydrogen) atoms. The predicted molar refractivity (Wildman–Crippen MR) is 64.7 cm³/mol. The summed E-state index contributed by atoms with van der Waals surface area (Å²) < 4.78 is 0. The molecule has 0 aromatic heterocycles. The van der Waals surface area contributed by atoms with E-state index in [1.165, 1.54) is 0 Å². The van der Waals surface area contributed by atoms with Crippen molar-refractivity contribution < 1.29 is 9.59 Å². The van der Waals surface area contributed by atoms with E-state index in [0.717, 1.165) is 12.8 Å². The number of hydrogen-bond donors (Lipinski definition) is 3. The van der Waals surface area contributed by atoms with E-state index < -0.39 is 5.41 Å². The van der Waals surface area contributed by atoms with Crippen LogP contribution >= 0.6 is 12.2 Å². The Morgan fingerprint density at radius 1 is 1.44 bits per heavy atom. The molecular formula is C10H17N3O2S. The molecule has 6 heteroatoms. The van der Waals surface area contributed by atoms with Gasteiger partial charge in [0.2, 0.25) is 11.8 Å². The molecule has 1 aliphatic rings. The monoisotopic (exact) mass is 243 g/mol. The first-order valence-corrected chi connectivity index (χ1v) is 5.62. The van der Waals surface area contributed by atoms with Crippen LogP contribution in [0.4, 0.5) is 0 Å². The highest BCUT2D eigenvalue weighted by molar-refractivity contribution is 7.80. The van der Waals surface area contributed by atoms with Crippen molar-refractivity contribution >= 4 is 29.0 Å². The van der Waals surface area contributed by atoms with E-state index in [4.69, 9.17) is 18.0 Å². The fraction of sp³-hybridized carbons (Fsp3) is 0.700. The normalized spacial score (nSPS) is 15.4. The summed E-state index contributed by atoms with van der Waals surface area (Å²) >= 11 is 4.78. The average molecular weight is 243 g/mol. The van der Waals surface area contributed by atoms with Crippen molar-refractivity contribution in [2.75, 3.05) is 6.54 Å². The zero-order chi connectivity index (χ0) is 12.3. The quantitative estimate of drug-likeness (QED) is 0.579. The van der Waals surface area contributed by atoms with Gasteiger partial charge in [0.05, 0.1) is 16.9 Å². The van der Waals surface area contributed by atoms with Crippen LogP contribution in [-0.2, 0) is 9.59 Å². The Balaban J connectivity index is 2.33. The second kappa shape index (κ2) is 4.78. The molecule has 1 rings (SSSR count). The first-order valence-electron chi connectivity index (χ1n) is 5.21. The standard InChI is InChI=1S/C10H17N3O2S/c1-10(2,8(11)16)9(15)12-5-7(14)13-6-3-4-6/h6H,3-5H2,1-2H3,(H2,11,16)(H,12,15)(H,13,14). The van der Waals surface area contributed by atoms with Crippen molar-refractivity contribution in [3.8, 4) is 0 Å². The Hall–Kier alpha value is -1.17. The minimum absolute atomic E-state index is 0.0264. The molecule has 4 N–H and O–H groups in total. The molecule has 0 spiro atoms. The van der Waals surface area contributed by atoms with E-state index in [2.05, 4.69) is 10.6 Å². The lowest BCUT2D eigenvalue weighted by Crippen LogP contribution is -2.47. The molecule has 0 radical (unpaired) electrons. The number of nitrogens with two attached hydrogens (primary N) is 1. The lowest BCUT2D eigenvalue weighted by molar-refractivity contribution is -0.129. The van der Waals surface area contributed by atoms with Gasteiger partial charge in [0.15, 0.2) is 0 Å². The summed E-state index contributed by atoms with van der Waals surface area (Å²) in [6.07, 6.45) is 2.05. The van der Waals surface area contributed by atoms with Crippen molar-refractivity contribution in [3.05, 3.63) is 0 Å². The maximum atomic E-state index is 11.7. The fourth-order valence-electron chi connectivity index (χ4n) is 1.000. The first kappa shape index (κ1) is 12.9. The van der Waals surface area contributed by atoms with Crippen molar-refractivity contribution in [2.24, 2.45) is 11.1 Å². The Morgan fingerprint density at radius 3 is 2.44 bits per heavy atom. The third-order valence-corrected chi connectivity index (χ3v) is 3.05. The largest absolute Gasteiger partial charge is 0.392 e. The van der Waals surface area contributed by atoms with Gasteiger partial charge in [0.25, 0.3) is 0 Å². The van der Waals surface area contributed by atoms with E-state index in [9.17, 15) is 9.59 Å². The summed E-state index contributed by atoms with van der Waals surface area (Å²) in [5.74, 6) is -0.500. The van der Waals surface area contributed by atoms with Crippen LogP contribution in [0, 0.1) is 5.41 Å².